The Balaban J connectivity index is 1.22. The largest absolute Gasteiger partial charge is 0.507 e. The number of benzene rings is 5. The molecule has 186 valence electrons. The summed E-state index contributed by atoms with van der Waals surface area (Å²) in [7, 11) is 0. The van der Waals surface area contributed by atoms with Crippen LogP contribution >= 0.6 is 0 Å². The van der Waals surface area contributed by atoms with Crippen LogP contribution in [0.5, 0.6) is 11.5 Å². The number of aromatic hydroxyl groups is 2. The lowest BCUT2D eigenvalue weighted by Gasteiger charge is -2.06. The molecular weight excluding hydrogens is 480 g/mol. The standard InChI is InChI=1S/C30H22N4O4/c35-27-15-13-19-5-1-3-7-23(19)25(27)17-31-33-29(37)21-9-11-22(12-10-21)30(38)34-32-18-26-24-8-4-2-6-20(24)14-16-28(26)36/h1-18,35-36H,(H,33,37)(H,34,38)/b31-17+,32-18+. The number of hydrogen-bond acceptors (Lipinski definition) is 6. The average molecular weight is 503 g/mol. The molecule has 5 aromatic rings. The number of amides is 2. The summed E-state index contributed by atoms with van der Waals surface area (Å²) < 4.78 is 0. The van der Waals surface area contributed by atoms with Gasteiger partial charge in [-0.25, -0.2) is 10.9 Å². The topological polar surface area (TPSA) is 123 Å². The highest BCUT2D eigenvalue weighted by atomic mass is 16.3. The Bertz CT molecular complexity index is 1600. The molecule has 0 radical (unpaired) electrons. The van der Waals surface area contributed by atoms with Gasteiger partial charge in [0.25, 0.3) is 11.8 Å². The molecule has 0 spiro atoms. The van der Waals surface area contributed by atoms with E-state index in [0.717, 1.165) is 21.5 Å². The van der Waals surface area contributed by atoms with Gasteiger partial charge in [-0.2, -0.15) is 10.2 Å². The van der Waals surface area contributed by atoms with Gasteiger partial charge in [0.1, 0.15) is 11.5 Å². The number of carbonyl (C=O) groups excluding carboxylic acids is 2. The SMILES string of the molecule is O=C(N/N=C/c1c(O)ccc2ccccc12)c1ccc(C(=O)N/N=C/c2c(O)ccc3ccccc23)cc1. The van der Waals surface area contributed by atoms with Crippen molar-refractivity contribution in [3.05, 3.63) is 119 Å². The maximum absolute atomic E-state index is 12.5. The van der Waals surface area contributed by atoms with Gasteiger partial charge >= 0.3 is 0 Å². The van der Waals surface area contributed by atoms with Gasteiger partial charge in [0.15, 0.2) is 0 Å². The number of nitrogens with one attached hydrogen (secondary N) is 2. The number of carbonyl (C=O) groups is 2. The third-order valence-electron chi connectivity index (χ3n) is 6.02. The van der Waals surface area contributed by atoms with Crippen LogP contribution in [0.25, 0.3) is 21.5 Å². The summed E-state index contributed by atoms with van der Waals surface area (Å²) in [5, 5.41) is 31.8. The van der Waals surface area contributed by atoms with Gasteiger partial charge in [0, 0.05) is 22.3 Å². The van der Waals surface area contributed by atoms with E-state index < -0.39 is 11.8 Å². The summed E-state index contributed by atoms with van der Waals surface area (Å²) in [5.74, 6) is -0.847. The molecule has 2 amide bonds. The third-order valence-corrected chi connectivity index (χ3v) is 6.02. The third kappa shape index (κ3) is 5.05. The van der Waals surface area contributed by atoms with Gasteiger partial charge in [-0.15, -0.1) is 0 Å². The van der Waals surface area contributed by atoms with E-state index in [1.165, 1.54) is 36.7 Å². The predicted molar refractivity (Wildman–Crippen MR) is 148 cm³/mol. The highest BCUT2D eigenvalue weighted by Crippen LogP contribution is 2.26. The van der Waals surface area contributed by atoms with Crippen molar-refractivity contribution < 1.29 is 19.8 Å². The van der Waals surface area contributed by atoms with Gasteiger partial charge < -0.3 is 10.2 Å². The summed E-state index contributed by atoms with van der Waals surface area (Å²) in [6.45, 7) is 0. The maximum Gasteiger partial charge on any atom is 0.271 e. The van der Waals surface area contributed by atoms with Gasteiger partial charge in [-0.1, -0.05) is 60.7 Å². The summed E-state index contributed by atoms with van der Waals surface area (Å²) in [6.07, 6.45) is 2.78. The zero-order chi connectivity index (χ0) is 26.5. The van der Waals surface area contributed by atoms with E-state index in [0.29, 0.717) is 22.3 Å². The van der Waals surface area contributed by atoms with Crippen LogP contribution < -0.4 is 10.9 Å². The Hall–Kier alpha value is -5.50. The molecular formula is C30H22N4O4. The number of nitrogens with zero attached hydrogens (tertiary/aromatic N) is 2. The van der Waals surface area contributed by atoms with E-state index in [9.17, 15) is 19.8 Å². The molecule has 0 aromatic heterocycles. The van der Waals surface area contributed by atoms with Crippen molar-refractivity contribution in [2.75, 3.05) is 0 Å². The minimum Gasteiger partial charge on any atom is -0.507 e. The Morgan fingerprint density at radius 3 is 1.37 bits per heavy atom. The van der Waals surface area contributed by atoms with Crippen LogP contribution in [0.1, 0.15) is 31.8 Å². The number of hydrazone groups is 2. The fourth-order valence-electron chi connectivity index (χ4n) is 4.05. The molecule has 5 aromatic carbocycles. The molecule has 8 nitrogen and oxygen atoms in total. The lowest BCUT2D eigenvalue weighted by molar-refractivity contribution is 0.0943. The highest BCUT2D eigenvalue weighted by Gasteiger charge is 2.10. The van der Waals surface area contributed by atoms with E-state index in [2.05, 4.69) is 21.1 Å². The van der Waals surface area contributed by atoms with Gasteiger partial charge in [-0.3, -0.25) is 9.59 Å². The quantitative estimate of drug-likeness (QED) is 0.194. The number of hydrogen-bond donors (Lipinski definition) is 4. The van der Waals surface area contributed by atoms with Crippen molar-refractivity contribution >= 4 is 45.8 Å². The predicted octanol–water partition coefficient (Wildman–Crippen LogP) is 4.93. The lowest BCUT2D eigenvalue weighted by atomic mass is 10.0. The van der Waals surface area contributed by atoms with Gasteiger partial charge in [0.2, 0.25) is 0 Å². The van der Waals surface area contributed by atoms with Crippen molar-refractivity contribution in [2.24, 2.45) is 10.2 Å². The Kier molecular flexibility index (Phi) is 6.77. The van der Waals surface area contributed by atoms with Crippen molar-refractivity contribution in [3.8, 4) is 11.5 Å². The molecule has 38 heavy (non-hydrogen) atoms. The molecule has 0 fully saturated rings. The molecule has 5 rings (SSSR count). The summed E-state index contributed by atoms with van der Waals surface area (Å²) in [6, 6.07) is 27.8. The van der Waals surface area contributed by atoms with Crippen LogP contribution in [0.2, 0.25) is 0 Å². The first-order valence-electron chi connectivity index (χ1n) is 11.7. The first-order chi connectivity index (χ1) is 18.5. The normalized spacial score (nSPS) is 11.4. The molecule has 0 heterocycles. The van der Waals surface area contributed by atoms with E-state index in [4.69, 9.17) is 0 Å². The average Bonchev–Trinajstić information content (AvgIpc) is 2.95. The molecule has 0 atom stereocenters. The number of rotatable bonds is 6. The Labute approximate surface area is 217 Å². The van der Waals surface area contributed by atoms with Crippen molar-refractivity contribution in [3.63, 3.8) is 0 Å². The molecule has 8 heteroatoms. The molecule has 0 unspecified atom stereocenters. The lowest BCUT2D eigenvalue weighted by Crippen LogP contribution is -2.19. The first kappa shape index (κ1) is 24.2. The molecule has 0 aliphatic rings. The van der Waals surface area contributed by atoms with E-state index >= 15 is 0 Å². The minimum absolute atomic E-state index is 0.0513. The fourth-order valence-corrected chi connectivity index (χ4v) is 4.05. The van der Waals surface area contributed by atoms with Crippen LogP contribution in [0, 0.1) is 0 Å². The molecule has 0 saturated heterocycles. The maximum atomic E-state index is 12.5. The van der Waals surface area contributed by atoms with Crippen LogP contribution in [0.4, 0.5) is 0 Å². The minimum atomic E-state index is -0.475. The molecule has 4 N–H and O–H groups in total. The van der Waals surface area contributed by atoms with Crippen molar-refractivity contribution in [2.45, 2.75) is 0 Å². The number of fused-ring (bicyclic) bond motifs is 2. The molecule has 0 aliphatic heterocycles. The van der Waals surface area contributed by atoms with Crippen LogP contribution in [0.15, 0.2) is 107 Å². The second kappa shape index (κ2) is 10.6. The number of phenolic OH excluding ortho intramolecular Hbond substituents is 2. The van der Waals surface area contributed by atoms with E-state index in [1.807, 2.05) is 48.5 Å². The Morgan fingerprint density at radius 2 is 0.947 bits per heavy atom. The van der Waals surface area contributed by atoms with Gasteiger partial charge in [-0.05, 0) is 57.9 Å². The number of phenols is 2. The van der Waals surface area contributed by atoms with Crippen molar-refractivity contribution in [1.82, 2.24) is 10.9 Å². The fraction of sp³-hybridized carbons (Fsp3) is 0. The summed E-state index contributed by atoms with van der Waals surface area (Å²) >= 11 is 0. The second-order valence-electron chi connectivity index (χ2n) is 8.41. The molecule has 0 aliphatic carbocycles. The van der Waals surface area contributed by atoms with E-state index in [-0.39, 0.29) is 11.5 Å². The highest BCUT2D eigenvalue weighted by molar-refractivity contribution is 6.04. The summed E-state index contributed by atoms with van der Waals surface area (Å²) in [4.78, 5) is 25.0. The van der Waals surface area contributed by atoms with E-state index in [1.54, 1.807) is 24.3 Å². The zero-order valence-electron chi connectivity index (χ0n) is 20.0. The molecule has 0 bridgehead atoms. The monoisotopic (exact) mass is 502 g/mol. The van der Waals surface area contributed by atoms with Crippen LogP contribution in [0.3, 0.4) is 0 Å². The second-order valence-corrected chi connectivity index (χ2v) is 8.41. The summed E-state index contributed by atoms with van der Waals surface area (Å²) in [5.41, 5.74) is 6.44. The zero-order valence-corrected chi connectivity index (χ0v) is 20.0. The van der Waals surface area contributed by atoms with Gasteiger partial charge in [0.05, 0.1) is 12.4 Å². The van der Waals surface area contributed by atoms with Crippen LogP contribution in [-0.4, -0.2) is 34.5 Å². The van der Waals surface area contributed by atoms with Crippen LogP contribution in [-0.2, 0) is 0 Å². The molecule has 0 saturated carbocycles. The smallest absolute Gasteiger partial charge is 0.271 e. The first-order valence-corrected chi connectivity index (χ1v) is 11.7. The Morgan fingerprint density at radius 1 is 0.553 bits per heavy atom. The van der Waals surface area contributed by atoms with Crippen molar-refractivity contribution in [1.29, 1.82) is 0 Å².